The molecule has 6 rings (SSSR count). The van der Waals surface area contributed by atoms with Crippen LogP contribution in [-0.2, 0) is 108 Å². The average Bonchev–Trinajstić information content (AvgIpc) is 1.67. The molecule has 0 aromatic heterocycles. The third kappa shape index (κ3) is 16.5. The van der Waals surface area contributed by atoms with Gasteiger partial charge >= 0.3 is 71.8 Å². The standard InChI is InChI=1S/C58H59F3N2O24/c1-30-11-12-45(62(22-51(70)81-26-77-32(3)64)23-52(71)82-27-78-33(4)65)49(15-30)75-13-14-76-50-19-39-38(17-46(50)63(24-53(72)83-28-79-34(5)66)25-54(73)84-29-80-35(6)67)55(74)87-57(39)42-16-31(2)47(85-36(7)68)20-40(42)56(9,10)41-21-48(86-37(8)69)44(18-43(41)57)58(59,60)61/h11-12,15-21H,13-14,22-29H2,1-10H3. The average molecular weight is 1230 g/mol. The first-order valence-corrected chi connectivity index (χ1v) is 26.0. The number of hydrogen-bond acceptors (Lipinski definition) is 26. The molecular formula is C58H59F3N2O24. The molecule has 1 aliphatic carbocycles. The Morgan fingerprint density at radius 3 is 1.31 bits per heavy atom. The van der Waals surface area contributed by atoms with Crippen LogP contribution in [0.25, 0.3) is 0 Å². The second kappa shape index (κ2) is 27.8. The van der Waals surface area contributed by atoms with Gasteiger partial charge in [-0.25, -0.2) is 4.79 Å². The lowest BCUT2D eigenvalue weighted by Gasteiger charge is -2.45. The SMILES string of the molecule is CC(=O)OCOC(=O)CN(CC(=O)OCOC(C)=O)c1ccc(C)cc1OCCOc1cc2c(cc1N(CC(=O)OCOC(C)=O)CC(=O)OCOC(C)=O)C(=O)OC21c2cc(C)c(OC(C)=O)cc2C(C)(C)c2cc(OC(C)=O)c(C(F)(F)F)cc21. The summed E-state index contributed by atoms with van der Waals surface area (Å²) < 4.78 is 115. The highest BCUT2D eigenvalue weighted by Crippen LogP contribution is 2.60. The van der Waals surface area contributed by atoms with Crippen LogP contribution in [0.1, 0.15) is 110 Å². The van der Waals surface area contributed by atoms with E-state index in [1.54, 1.807) is 26.8 Å². The highest BCUT2D eigenvalue weighted by molar-refractivity contribution is 5.99. The van der Waals surface area contributed by atoms with Crippen molar-refractivity contribution in [2.24, 2.45) is 0 Å². The first kappa shape index (κ1) is 66.2. The minimum atomic E-state index is -5.21. The number of carbonyl (C=O) groups is 11. The van der Waals surface area contributed by atoms with Gasteiger partial charge in [0.15, 0.2) is 5.60 Å². The van der Waals surface area contributed by atoms with Gasteiger partial charge in [0.1, 0.15) is 62.4 Å². The highest BCUT2D eigenvalue weighted by Gasteiger charge is 2.58. The normalized spacial score (nSPS) is 14.1. The minimum Gasteiger partial charge on any atom is -0.488 e. The molecule has 87 heavy (non-hydrogen) atoms. The third-order valence-electron chi connectivity index (χ3n) is 12.9. The quantitative estimate of drug-likeness (QED) is 0.0256. The smallest absolute Gasteiger partial charge is 0.420 e. The maximum atomic E-state index is 15.3. The molecule has 1 unspecified atom stereocenters. The number of esters is 11. The van der Waals surface area contributed by atoms with Gasteiger partial charge in [-0.1, -0.05) is 19.9 Å². The topological polar surface area (TPSA) is 314 Å². The van der Waals surface area contributed by atoms with Gasteiger partial charge in [-0.05, 0) is 84.6 Å². The third-order valence-corrected chi connectivity index (χ3v) is 12.9. The van der Waals surface area contributed by atoms with Crippen LogP contribution in [0.15, 0.2) is 54.6 Å². The fraction of sp³-hybridized carbons (Fsp3) is 0.397. The van der Waals surface area contributed by atoms with Gasteiger partial charge in [0, 0.05) is 63.6 Å². The molecule has 4 aromatic carbocycles. The van der Waals surface area contributed by atoms with Crippen molar-refractivity contribution in [2.45, 2.75) is 86.4 Å². The zero-order valence-corrected chi connectivity index (χ0v) is 48.6. The van der Waals surface area contributed by atoms with E-state index in [2.05, 4.69) is 0 Å². The Labute approximate surface area is 493 Å². The number of carbonyl (C=O) groups excluding carboxylic acids is 11. The summed E-state index contributed by atoms with van der Waals surface area (Å²) in [5.41, 5.74) is -5.11. The van der Waals surface area contributed by atoms with Crippen LogP contribution in [0.4, 0.5) is 24.5 Å². The number of rotatable bonds is 25. The van der Waals surface area contributed by atoms with Crippen molar-refractivity contribution in [1.29, 1.82) is 0 Å². The number of halogens is 3. The highest BCUT2D eigenvalue weighted by atomic mass is 19.4. The van der Waals surface area contributed by atoms with Gasteiger partial charge in [0.05, 0.1) is 22.5 Å². The fourth-order valence-corrected chi connectivity index (χ4v) is 9.21. The van der Waals surface area contributed by atoms with E-state index in [9.17, 15) is 52.7 Å². The van der Waals surface area contributed by atoms with Gasteiger partial charge in [-0.3, -0.25) is 47.9 Å². The van der Waals surface area contributed by atoms with Gasteiger partial charge < -0.3 is 71.4 Å². The Morgan fingerprint density at radius 2 is 0.874 bits per heavy atom. The van der Waals surface area contributed by atoms with Gasteiger partial charge in [0.25, 0.3) is 0 Å². The van der Waals surface area contributed by atoms with E-state index in [0.29, 0.717) is 11.6 Å². The van der Waals surface area contributed by atoms with Crippen molar-refractivity contribution >= 4 is 77.0 Å². The van der Waals surface area contributed by atoms with Crippen LogP contribution in [-0.4, -0.2) is 132 Å². The molecule has 1 heterocycles. The van der Waals surface area contributed by atoms with Crippen LogP contribution < -0.4 is 28.7 Å². The van der Waals surface area contributed by atoms with E-state index in [4.69, 9.17) is 61.6 Å². The lowest BCUT2D eigenvalue weighted by atomic mass is 9.61. The number of benzene rings is 4. The van der Waals surface area contributed by atoms with Crippen LogP contribution in [0.3, 0.4) is 0 Å². The van der Waals surface area contributed by atoms with E-state index in [-0.39, 0.29) is 67.6 Å². The van der Waals surface area contributed by atoms with Gasteiger partial charge in [-0.15, -0.1) is 0 Å². The van der Waals surface area contributed by atoms with E-state index in [0.717, 1.165) is 63.5 Å². The number of ether oxygens (including phenoxy) is 13. The number of anilines is 2. The Hall–Kier alpha value is -9.96. The molecule has 1 aliphatic heterocycles. The van der Waals surface area contributed by atoms with Gasteiger partial charge in [-0.2, -0.15) is 13.2 Å². The largest absolute Gasteiger partial charge is 0.488 e. The van der Waals surface area contributed by atoms with Crippen molar-refractivity contribution in [2.75, 3.05) is 76.4 Å². The summed E-state index contributed by atoms with van der Waals surface area (Å²) in [5.74, 6) is -11.7. The van der Waals surface area contributed by atoms with Crippen LogP contribution >= 0.6 is 0 Å². The molecule has 0 saturated heterocycles. The molecule has 29 heteroatoms. The van der Waals surface area contributed by atoms with Crippen molar-refractivity contribution in [3.05, 3.63) is 105 Å². The Morgan fingerprint density at radius 1 is 0.471 bits per heavy atom. The summed E-state index contributed by atoms with van der Waals surface area (Å²) in [6.07, 6.45) is -5.21. The summed E-state index contributed by atoms with van der Waals surface area (Å²) in [7, 11) is 0. The molecule has 2 aliphatic rings. The van der Waals surface area contributed by atoms with Crippen LogP contribution in [0.5, 0.6) is 23.0 Å². The predicted octanol–water partition coefficient (Wildman–Crippen LogP) is 5.60. The summed E-state index contributed by atoms with van der Waals surface area (Å²) >= 11 is 0. The van der Waals surface area contributed by atoms with Crippen molar-refractivity contribution in [1.82, 2.24) is 0 Å². The molecule has 0 radical (unpaired) electrons. The zero-order valence-electron chi connectivity index (χ0n) is 48.6. The molecule has 4 aromatic rings. The summed E-state index contributed by atoms with van der Waals surface area (Å²) in [6, 6.07) is 11.5. The minimum absolute atomic E-state index is 0.00547. The van der Waals surface area contributed by atoms with Gasteiger partial charge in [0.2, 0.25) is 27.2 Å². The first-order chi connectivity index (χ1) is 40.8. The molecule has 0 amide bonds. The van der Waals surface area contributed by atoms with E-state index in [1.807, 2.05) is 0 Å². The maximum Gasteiger partial charge on any atom is 0.420 e. The summed E-state index contributed by atoms with van der Waals surface area (Å²) in [6.45, 7) is 5.15. The second-order valence-corrected chi connectivity index (χ2v) is 19.8. The van der Waals surface area contributed by atoms with E-state index in [1.165, 1.54) is 37.3 Å². The first-order valence-electron chi connectivity index (χ1n) is 26.0. The lowest BCUT2D eigenvalue weighted by Crippen LogP contribution is -2.42. The lowest BCUT2D eigenvalue weighted by molar-refractivity contribution is -0.167. The summed E-state index contributed by atoms with van der Waals surface area (Å²) in [4.78, 5) is 141. The zero-order chi connectivity index (χ0) is 64.3. The fourth-order valence-electron chi connectivity index (χ4n) is 9.21. The van der Waals surface area contributed by atoms with Crippen molar-refractivity contribution in [3.63, 3.8) is 0 Å². The molecule has 0 N–H and O–H groups in total. The summed E-state index contributed by atoms with van der Waals surface area (Å²) in [5, 5.41) is 0. The molecule has 26 nitrogen and oxygen atoms in total. The molecule has 1 atom stereocenters. The number of fused-ring (bicyclic) bond motifs is 6. The van der Waals surface area contributed by atoms with Crippen molar-refractivity contribution < 1.29 is 127 Å². The van der Waals surface area contributed by atoms with Crippen LogP contribution in [0, 0.1) is 13.8 Å². The Bertz CT molecular complexity index is 3340. The molecular weight excluding hydrogens is 1170 g/mol. The maximum absolute atomic E-state index is 15.3. The van der Waals surface area contributed by atoms with E-state index < -0.39 is 161 Å². The monoisotopic (exact) mass is 1220 g/mol. The van der Waals surface area contributed by atoms with Crippen LogP contribution in [0.2, 0.25) is 0 Å². The predicted molar refractivity (Wildman–Crippen MR) is 287 cm³/mol. The number of nitrogens with zero attached hydrogens (tertiary/aromatic N) is 2. The Balaban J connectivity index is 1.56. The Kier molecular flexibility index (Phi) is 21.2. The molecule has 1 spiro atoms. The number of hydrogen-bond donors (Lipinski definition) is 0. The number of aryl methyl sites for hydroxylation is 2. The molecule has 0 fully saturated rings. The molecule has 0 bridgehead atoms. The molecule has 0 saturated carbocycles. The van der Waals surface area contributed by atoms with E-state index >= 15 is 13.2 Å². The number of alkyl halides is 3. The van der Waals surface area contributed by atoms with Crippen molar-refractivity contribution in [3.8, 4) is 23.0 Å². The molecule has 466 valence electrons. The second-order valence-electron chi connectivity index (χ2n) is 19.8.